The molecule has 1 aromatic carbocycles. The van der Waals surface area contributed by atoms with Gasteiger partial charge in [0.05, 0.1) is 0 Å². The molecule has 0 aliphatic carbocycles. The second kappa shape index (κ2) is 4.98. The molecule has 3 nitrogen and oxygen atoms in total. The van der Waals surface area contributed by atoms with Crippen molar-refractivity contribution in [3.63, 3.8) is 0 Å². The summed E-state index contributed by atoms with van der Waals surface area (Å²) in [6, 6.07) is 11.1. The second-order valence-corrected chi connectivity index (χ2v) is 4.40. The Balaban J connectivity index is 2.35. The number of pyridine rings is 1. The summed E-state index contributed by atoms with van der Waals surface area (Å²) in [7, 11) is 0. The van der Waals surface area contributed by atoms with Gasteiger partial charge in [-0.15, -0.1) is 0 Å². The summed E-state index contributed by atoms with van der Waals surface area (Å²) in [6.07, 6.45) is 1.60. The molecule has 1 heterocycles. The van der Waals surface area contributed by atoms with Crippen molar-refractivity contribution in [2.24, 2.45) is 0 Å². The predicted octanol–water partition coefficient (Wildman–Crippen LogP) is 3.82. The topological polar surface area (TPSA) is 45.9 Å². The number of hydrogen-bond acceptors (Lipinski definition) is 3. The molecule has 0 bridgehead atoms. The zero-order valence-electron chi connectivity index (χ0n) is 9.14. The monoisotopic (exact) mass is 288 g/mol. The number of ether oxygens (including phenoxy) is 1. The van der Waals surface area contributed by atoms with Gasteiger partial charge in [-0.05, 0) is 42.8 Å². The largest absolute Gasteiger partial charge is 0.437 e. The maximum absolute atomic E-state index is 8.93. The summed E-state index contributed by atoms with van der Waals surface area (Å²) in [5, 5.41) is 8.93. The molecular formula is C13H9BrN2O. The van der Waals surface area contributed by atoms with Crippen molar-refractivity contribution in [1.82, 2.24) is 4.98 Å². The Bertz CT molecular complexity index is 590. The summed E-state index contributed by atoms with van der Waals surface area (Å²) in [5.41, 5.74) is 1.41. The van der Waals surface area contributed by atoms with Gasteiger partial charge in [-0.25, -0.2) is 4.98 Å². The average molecular weight is 289 g/mol. The van der Waals surface area contributed by atoms with Crippen LogP contribution in [0.2, 0.25) is 0 Å². The molecular weight excluding hydrogens is 280 g/mol. The Hall–Kier alpha value is -1.86. The third-order valence-corrected chi connectivity index (χ3v) is 2.73. The van der Waals surface area contributed by atoms with E-state index in [-0.39, 0.29) is 0 Å². The van der Waals surface area contributed by atoms with Crippen molar-refractivity contribution in [1.29, 1.82) is 5.26 Å². The highest BCUT2D eigenvalue weighted by Crippen LogP contribution is 2.27. The SMILES string of the molecule is Cc1cc(Br)ccc1Oc1ncccc1C#N. The highest BCUT2D eigenvalue weighted by molar-refractivity contribution is 9.10. The van der Waals surface area contributed by atoms with Gasteiger partial charge in [0.1, 0.15) is 17.4 Å². The predicted molar refractivity (Wildman–Crippen MR) is 67.9 cm³/mol. The fourth-order valence-electron chi connectivity index (χ4n) is 1.39. The van der Waals surface area contributed by atoms with Gasteiger partial charge in [-0.3, -0.25) is 0 Å². The van der Waals surface area contributed by atoms with Gasteiger partial charge in [0, 0.05) is 10.7 Å². The van der Waals surface area contributed by atoms with E-state index in [1.54, 1.807) is 18.3 Å². The molecule has 1 aromatic heterocycles. The maximum atomic E-state index is 8.93. The molecule has 0 atom stereocenters. The van der Waals surface area contributed by atoms with Gasteiger partial charge in [0.2, 0.25) is 5.88 Å². The van der Waals surface area contributed by atoms with Crippen molar-refractivity contribution in [2.75, 3.05) is 0 Å². The van der Waals surface area contributed by atoms with Gasteiger partial charge in [0.15, 0.2) is 0 Å². The Kier molecular flexibility index (Phi) is 3.40. The molecule has 0 amide bonds. The van der Waals surface area contributed by atoms with Crippen LogP contribution in [0.1, 0.15) is 11.1 Å². The van der Waals surface area contributed by atoms with Crippen LogP contribution in [0.5, 0.6) is 11.6 Å². The number of aromatic nitrogens is 1. The lowest BCUT2D eigenvalue weighted by Crippen LogP contribution is -1.93. The van der Waals surface area contributed by atoms with E-state index < -0.39 is 0 Å². The van der Waals surface area contributed by atoms with E-state index in [0.717, 1.165) is 10.0 Å². The number of nitrogens with zero attached hydrogens (tertiary/aromatic N) is 2. The van der Waals surface area contributed by atoms with Gasteiger partial charge >= 0.3 is 0 Å². The normalized spacial score (nSPS) is 9.71. The van der Waals surface area contributed by atoms with Crippen molar-refractivity contribution >= 4 is 15.9 Å². The molecule has 0 unspecified atom stereocenters. The molecule has 2 rings (SSSR count). The van der Waals surface area contributed by atoms with E-state index in [1.807, 2.05) is 31.2 Å². The molecule has 0 N–H and O–H groups in total. The first-order valence-electron chi connectivity index (χ1n) is 5.00. The average Bonchev–Trinajstić information content (AvgIpc) is 2.33. The van der Waals surface area contributed by atoms with E-state index in [2.05, 4.69) is 20.9 Å². The summed E-state index contributed by atoms with van der Waals surface area (Å²) in [4.78, 5) is 4.05. The lowest BCUT2D eigenvalue weighted by atomic mass is 10.2. The van der Waals surface area contributed by atoms with Crippen LogP contribution >= 0.6 is 15.9 Å². The number of hydrogen-bond donors (Lipinski definition) is 0. The van der Waals surface area contributed by atoms with Crippen LogP contribution in [0.3, 0.4) is 0 Å². The first-order chi connectivity index (χ1) is 8.20. The first kappa shape index (κ1) is 11.6. The van der Waals surface area contributed by atoms with Gasteiger partial charge in [0.25, 0.3) is 0 Å². The van der Waals surface area contributed by atoms with Crippen LogP contribution in [0.25, 0.3) is 0 Å². The van der Waals surface area contributed by atoms with E-state index >= 15 is 0 Å². The molecule has 0 saturated carbocycles. The maximum Gasteiger partial charge on any atom is 0.237 e. The van der Waals surface area contributed by atoms with Crippen molar-refractivity contribution in [3.05, 3.63) is 52.1 Å². The number of rotatable bonds is 2. The number of nitriles is 1. The van der Waals surface area contributed by atoms with E-state index in [4.69, 9.17) is 10.00 Å². The minimum Gasteiger partial charge on any atom is -0.437 e. The van der Waals surface area contributed by atoms with E-state index in [9.17, 15) is 0 Å². The zero-order valence-corrected chi connectivity index (χ0v) is 10.7. The summed E-state index contributed by atoms with van der Waals surface area (Å²) in [6.45, 7) is 1.94. The molecule has 0 aliphatic heterocycles. The third kappa shape index (κ3) is 2.63. The smallest absolute Gasteiger partial charge is 0.237 e. The highest BCUT2D eigenvalue weighted by Gasteiger charge is 2.07. The summed E-state index contributed by atoms with van der Waals surface area (Å²) < 4.78 is 6.62. The van der Waals surface area contributed by atoms with Crippen molar-refractivity contribution < 1.29 is 4.74 Å². The summed E-state index contributed by atoms with van der Waals surface area (Å²) >= 11 is 3.39. The Morgan fingerprint density at radius 3 is 2.88 bits per heavy atom. The molecule has 84 valence electrons. The second-order valence-electron chi connectivity index (χ2n) is 3.48. The quantitative estimate of drug-likeness (QED) is 0.844. The first-order valence-corrected chi connectivity index (χ1v) is 5.79. The molecule has 0 saturated heterocycles. The summed E-state index contributed by atoms with van der Waals surface area (Å²) in [5.74, 6) is 1.03. The fourth-order valence-corrected chi connectivity index (χ4v) is 1.86. The number of benzene rings is 1. The Labute approximate surface area is 108 Å². The van der Waals surface area contributed by atoms with Crippen LogP contribution < -0.4 is 4.74 Å². The lowest BCUT2D eigenvalue weighted by Gasteiger charge is -2.08. The minimum absolute atomic E-state index is 0.334. The molecule has 0 aliphatic rings. The lowest BCUT2D eigenvalue weighted by molar-refractivity contribution is 0.458. The molecule has 0 spiro atoms. The van der Waals surface area contributed by atoms with Crippen LogP contribution in [0.4, 0.5) is 0 Å². The Morgan fingerprint density at radius 2 is 2.18 bits per heavy atom. The molecule has 4 heteroatoms. The number of halogens is 1. The van der Waals surface area contributed by atoms with Gasteiger partial charge < -0.3 is 4.74 Å². The van der Waals surface area contributed by atoms with Gasteiger partial charge in [-0.1, -0.05) is 15.9 Å². The van der Waals surface area contributed by atoms with E-state index in [1.165, 1.54) is 0 Å². The molecule has 2 aromatic rings. The highest BCUT2D eigenvalue weighted by atomic mass is 79.9. The van der Waals surface area contributed by atoms with Crippen LogP contribution in [0.15, 0.2) is 41.0 Å². The van der Waals surface area contributed by atoms with Gasteiger partial charge in [-0.2, -0.15) is 5.26 Å². The number of aryl methyl sites for hydroxylation is 1. The standard InChI is InChI=1S/C13H9BrN2O/c1-9-7-11(14)4-5-12(9)17-13-10(8-15)3-2-6-16-13/h2-7H,1H3. The van der Waals surface area contributed by atoms with E-state index in [0.29, 0.717) is 17.2 Å². The van der Waals surface area contributed by atoms with Crippen molar-refractivity contribution in [3.8, 4) is 17.7 Å². The Morgan fingerprint density at radius 1 is 1.35 bits per heavy atom. The third-order valence-electron chi connectivity index (χ3n) is 2.24. The van der Waals surface area contributed by atoms with Crippen LogP contribution in [0, 0.1) is 18.3 Å². The molecule has 17 heavy (non-hydrogen) atoms. The molecule has 0 radical (unpaired) electrons. The fraction of sp³-hybridized carbons (Fsp3) is 0.0769. The van der Waals surface area contributed by atoms with Crippen LogP contribution in [-0.4, -0.2) is 4.98 Å². The van der Waals surface area contributed by atoms with Crippen molar-refractivity contribution in [2.45, 2.75) is 6.92 Å². The molecule has 0 fully saturated rings. The zero-order chi connectivity index (χ0) is 12.3. The van der Waals surface area contributed by atoms with Crippen LogP contribution in [-0.2, 0) is 0 Å². The minimum atomic E-state index is 0.334.